The molecule has 0 radical (unpaired) electrons. The van der Waals surface area contributed by atoms with Gasteiger partial charge in [-0.05, 0) is 52.0 Å². The zero-order valence-corrected chi connectivity index (χ0v) is 14.4. The van der Waals surface area contributed by atoms with E-state index in [1.165, 1.54) is 0 Å². The van der Waals surface area contributed by atoms with Crippen LogP contribution in [0.2, 0.25) is 0 Å². The zero-order chi connectivity index (χ0) is 15.5. The molecule has 0 spiro atoms. The summed E-state index contributed by atoms with van der Waals surface area (Å²) < 4.78 is 17.4. The van der Waals surface area contributed by atoms with Gasteiger partial charge in [0.1, 0.15) is 19.8 Å². The molecule has 0 saturated carbocycles. The molecule has 116 valence electrons. The van der Waals surface area contributed by atoms with E-state index in [9.17, 15) is 4.79 Å². The van der Waals surface area contributed by atoms with Crippen LogP contribution in [-0.2, 0) is 16.1 Å². The topological polar surface area (TPSA) is 44.8 Å². The third kappa shape index (κ3) is 3.44. The molecule has 2 heterocycles. The summed E-state index contributed by atoms with van der Waals surface area (Å²) in [5, 5.41) is 1.96. The lowest BCUT2D eigenvalue weighted by Gasteiger charge is -2.20. The lowest BCUT2D eigenvalue weighted by atomic mass is 10.0. The Balaban J connectivity index is 1.65. The maximum absolute atomic E-state index is 12.2. The first-order valence-corrected chi connectivity index (χ1v) is 8.60. The van der Waals surface area contributed by atoms with Gasteiger partial charge < -0.3 is 14.2 Å². The van der Waals surface area contributed by atoms with Crippen LogP contribution in [0.4, 0.5) is 0 Å². The van der Waals surface area contributed by atoms with Gasteiger partial charge in [-0.15, -0.1) is 11.3 Å². The van der Waals surface area contributed by atoms with Crippen molar-refractivity contribution in [2.45, 2.75) is 19.4 Å². The van der Waals surface area contributed by atoms with Crippen LogP contribution >= 0.6 is 27.3 Å². The molecule has 1 atom stereocenters. The second kappa shape index (κ2) is 6.71. The predicted molar refractivity (Wildman–Crippen MR) is 87.7 cm³/mol. The normalized spacial score (nSPS) is 14.5. The Morgan fingerprint density at radius 2 is 2.09 bits per heavy atom. The number of rotatable bonds is 4. The summed E-state index contributed by atoms with van der Waals surface area (Å²) in [5.74, 6) is 0.806. The highest BCUT2D eigenvalue weighted by molar-refractivity contribution is 9.11. The average molecular weight is 383 g/mol. The summed E-state index contributed by atoms with van der Waals surface area (Å²) in [6.45, 7) is 3.20. The Labute approximate surface area is 141 Å². The zero-order valence-electron chi connectivity index (χ0n) is 12.0. The van der Waals surface area contributed by atoms with E-state index in [1.807, 2.05) is 36.6 Å². The Morgan fingerprint density at radius 3 is 2.82 bits per heavy atom. The Bertz CT molecular complexity index is 683. The number of thiophene rings is 1. The Morgan fingerprint density at radius 1 is 1.32 bits per heavy atom. The van der Waals surface area contributed by atoms with Gasteiger partial charge in [0.05, 0.1) is 9.70 Å². The summed E-state index contributed by atoms with van der Waals surface area (Å²) in [6, 6.07) is 7.51. The third-order valence-corrected chi connectivity index (χ3v) is 4.98. The number of halogens is 1. The molecule has 2 aromatic rings. The molecule has 0 amide bonds. The van der Waals surface area contributed by atoms with E-state index < -0.39 is 0 Å². The molecule has 0 fully saturated rings. The van der Waals surface area contributed by atoms with E-state index >= 15 is 0 Å². The van der Waals surface area contributed by atoms with Gasteiger partial charge in [0.25, 0.3) is 0 Å². The van der Waals surface area contributed by atoms with Crippen molar-refractivity contribution in [3.63, 3.8) is 0 Å². The van der Waals surface area contributed by atoms with Gasteiger partial charge in [-0.3, -0.25) is 4.79 Å². The van der Waals surface area contributed by atoms with Gasteiger partial charge in [-0.25, -0.2) is 0 Å². The molecule has 22 heavy (non-hydrogen) atoms. The molecule has 0 saturated heterocycles. The number of carbonyl (C=O) groups excluding carboxylic acids is 1. The summed E-state index contributed by atoms with van der Waals surface area (Å²) in [6.07, 6.45) is 0. The van der Waals surface area contributed by atoms with Gasteiger partial charge >= 0.3 is 5.97 Å². The van der Waals surface area contributed by atoms with Crippen LogP contribution in [0.1, 0.15) is 24.0 Å². The fourth-order valence-electron chi connectivity index (χ4n) is 2.17. The number of benzene rings is 1. The first-order chi connectivity index (χ1) is 10.6. The van der Waals surface area contributed by atoms with Crippen LogP contribution in [0.15, 0.2) is 33.4 Å². The first kappa shape index (κ1) is 15.4. The van der Waals surface area contributed by atoms with Crippen LogP contribution < -0.4 is 9.47 Å². The van der Waals surface area contributed by atoms with Crippen molar-refractivity contribution in [1.29, 1.82) is 0 Å². The fourth-order valence-corrected chi connectivity index (χ4v) is 3.36. The molecule has 1 aromatic carbocycles. The standard InChI is InChI=1S/C16H15BrO4S/c1-10(16(18)21-8-11-6-15(17)22-9-11)12-2-3-13-14(7-12)20-5-4-19-13/h2-3,6-7,9-10H,4-5,8H2,1H3. The summed E-state index contributed by atoms with van der Waals surface area (Å²) >= 11 is 4.96. The van der Waals surface area contributed by atoms with Gasteiger partial charge in [0.2, 0.25) is 0 Å². The van der Waals surface area contributed by atoms with Crippen LogP contribution in [0.5, 0.6) is 11.5 Å². The molecule has 6 heteroatoms. The predicted octanol–water partition coefficient (Wildman–Crippen LogP) is 4.13. The minimum Gasteiger partial charge on any atom is -0.486 e. The van der Waals surface area contributed by atoms with Crippen molar-refractivity contribution in [2.75, 3.05) is 13.2 Å². The number of carbonyl (C=O) groups is 1. The second-order valence-electron chi connectivity index (χ2n) is 4.99. The monoisotopic (exact) mass is 382 g/mol. The van der Waals surface area contributed by atoms with Crippen molar-refractivity contribution in [2.24, 2.45) is 0 Å². The van der Waals surface area contributed by atoms with Crippen molar-refractivity contribution in [1.82, 2.24) is 0 Å². The molecule has 1 unspecified atom stereocenters. The van der Waals surface area contributed by atoms with E-state index in [-0.39, 0.29) is 18.5 Å². The highest BCUT2D eigenvalue weighted by Gasteiger charge is 2.20. The van der Waals surface area contributed by atoms with Gasteiger partial charge in [0.15, 0.2) is 11.5 Å². The minimum atomic E-state index is -0.349. The lowest BCUT2D eigenvalue weighted by molar-refractivity contribution is -0.146. The van der Waals surface area contributed by atoms with Crippen LogP contribution in [0, 0.1) is 0 Å². The second-order valence-corrected chi connectivity index (χ2v) is 7.28. The molecule has 1 aliphatic rings. The number of ether oxygens (including phenoxy) is 3. The minimum absolute atomic E-state index is 0.251. The number of hydrogen-bond donors (Lipinski definition) is 0. The number of hydrogen-bond acceptors (Lipinski definition) is 5. The van der Waals surface area contributed by atoms with Gasteiger partial charge in [-0.1, -0.05) is 6.07 Å². The highest BCUT2D eigenvalue weighted by atomic mass is 79.9. The lowest BCUT2D eigenvalue weighted by Crippen LogP contribution is -2.17. The molecule has 0 bridgehead atoms. The number of esters is 1. The molecule has 1 aromatic heterocycles. The maximum Gasteiger partial charge on any atom is 0.313 e. The van der Waals surface area contributed by atoms with Crippen molar-refractivity contribution >= 4 is 33.2 Å². The van der Waals surface area contributed by atoms with E-state index in [4.69, 9.17) is 14.2 Å². The smallest absolute Gasteiger partial charge is 0.313 e. The molecular weight excluding hydrogens is 368 g/mol. The Hall–Kier alpha value is -1.53. The molecular formula is C16H15BrO4S. The van der Waals surface area contributed by atoms with Gasteiger partial charge in [0, 0.05) is 5.56 Å². The summed E-state index contributed by atoms with van der Waals surface area (Å²) in [4.78, 5) is 12.2. The third-order valence-electron chi connectivity index (χ3n) is 3.42. The Kier molecular flexibility index (Phi) is 4.69. The molecule has 3 rings (SSSR count). The number of fused-ring (bicyclic) bond motifs is 1. The molecule has 4 nitrogen and oxygen atoms in total. The molecule has 1 aliphatic heterocycles. The molecule has 0 N–H and O–H groups in total. The van der Waals surface area contributed by atoms with Crippen molar-refractivity contribution < 1.29 is 19.0 Å². The van der Waals surface area contributed by atoms with E-state index in [2.05, 4.69) is 15.9 Å². The molecule has 0 aliphatic carbocycles. The van der Waals surface area contributed by atoms with E-state index in [0.29, 0.717) is 19.0 Å². The van der Waals surface area contributed by atoms with E-state index in [1.54, 1.807) is 11.3 Å². The largest absolute Gasteiger partial charge is 0.486 e. The first-order valence-electron chi connectivity index (χ1n) is 6.92. The SMILES string of the molecule is CC(C(=O)OCc1csc(Br)c1)c1ccc2c(c1)OCCO2. The quantitative estimate of drug-likeness (QED) is 0.745. The average Bonchev–Trinajstić information content (AvgIpc) is 2.97. The van der Waals surface area contributed by atoms with E-state index in [0.717, 1.165) is 20.7 Å². The van der Waals surface area contributed by atoms with Crippen LogP contribution in [-0.4, -0.2) is 19.2 Å². The van der Waals surface area contributed by atoms with Crippen LogP contribution in [0.3, 0.4) is 0 Å². The van der Waals surface area contributed by atoms with Crippen molar-refractivity contribution in [3.05, 3.63) is 44.6 Å². The van der Waals surface area contributed by atoms with Crippen molar-refractivity contribution in [3.8, 4) is 11.5 Å². The maximum atomic E-state index is 12.2. The fraction of sp³-hybridized carbons (Fsp3) is 0.312. The summed E-state index contributed by atoms with van der Waals surface area (Å²) in [5.41, 5.74) is 1.85. The summed E-state index contributed by atoms with van der Waals surface area (Å²) in [7, 11) is 0. The van der Waals surface area contributed by atoms with Gasteiger partial charge in [-0.2, -0.15) is 0 Å². The van der Waals surface area contributed by atoms with Crippen LogP contribution in [0.25, 0.3) is 0 Å². The highest BCUT2D eigenvalue weighted by Crippen LogP contribution is 2.33.